The van der Waals surface area contributed by atoms with Crippen LogP contribution in [0.2, 0.25) is 0 Å². The van der Waals surface area contributed by atoms with Gasteiger partial charge in [-0.25, -0.2) is 0 Å². The Morgan fingerprint density at radius 3 is 2.73 bits per heavy atom. The normalized spacial score (nSPS) is 11.2. The predicted molar refractivity (Wildman–Crippen MR) is 92.3 cm³/mol. The van der Waals surface area contributed by atoms with Gasteiger partial charge < -0.3 is 19.6 Å². The van der Waals surface area contributed by atoms with Crippen LogP contribution in [0.15, 0.2) is 28.9 Å². The molecule has 0 N–H and O–H groups in total. The van der Waals surface area contributed by atoms with E-state index in [2.05, 4.69) is 25.8 Å². The van der Waals surface area contributed by atoms with E-state index in [1.165, 1.54) is 16.9 Å². The van der Waals surface area contributed by atoms with Crippen LogP contribution in [0.3, 0.4) is 0 Å². The molecule has 0 atom stereocenters. The highest BCUT2D eigenvalue weighted by Crippen LogP contribution is 2.30. The Hall–Kier alpha value is -2.27. The molecule has 0 aliphatic heterocycles. The summed E-state index contributed by atoms with van der Waals surface area (Å²) in [6, 6.07) is 4.70. The summed E-state index contributed by atoms with van der Waals surface area (Å²) in [5, 5.41) is 14.7. The van der Waals surface area contributed by atoms with Crippen molar-refractivity contribution in [1.29, 1.82) is 0 Å². The monoisotopic (exact) mass is 434 g/mol. The number of alkyl halides is 2. The number of hydrogen-bond donors (Lipinski definition) is 0. The fourth-order valence-corrected chi connectivity index (χ4v) is 2.76. The van der Waals surface area contributed by atoms with Crippen molar-refractivity contribution in [3.8, 4) is 11.5 Å². The largest absolute Gasteiger partial charge is 0.490 e. The SMILES string of the molecule is CCOc1cc(CN(C)Cn2cc(Br)c([N+](=O)[O-])n2)ccc1OC(F)F. The van der Waals surface area contributed by atoms with Gasteiger partial charge in [0, 0.05) is 6.54 Å². The van der Waals surface area contributed by atoms with Crippen LogP contribution in [0.25, 0.3) is 0 Å². The quantitative estimate of drug-likeness (QED) is 0.442. The first-order chi connectivity index (χ1) is 12.3. The molecule has 0 radical (unpaired) electrons. The number of ether oxygens (including phenoxy) is 2. The van der Waals surface area contributed by atoms with Crippen LogP contribution in [-0.2, 0) is 13.2 Å². The van der Waals surface area contributed by atoms with Crippen LogP contribution in [-0.4, -0.2) is 39.9 Å². The maximum Gasteiger partial charge on any atom is 0.404 e. The van der Waals surface area contributed by atoms with Gasteiger partial charge >= 0.3 is 12.4 Å². The highest BCUT2D eigenvalue weighted by molar-refractivity contribution is 9.10. The first-order valence-corrected chi connectivity index (χ1v) is 8.35. The van der Waals surface area contributed by atoms with Gasteiger partial charge in [0.1, 0.15) is 11.1 Å². The molecule has 1 aromatic carbocycles. The van der Waals surface area contributed by atoms with Crippen LogP contribution < -0.4 is 9.47 Å². The minimum atomic E-state index is -2.93. The second-order valence-corrected chi connectivity index (χ2v) is 6.20. The van der Waals surface area contributed by atoms with Gasteiger partial charge in [0.2, 0.25) is 0 Å². The van der Waals surface area contributed by atoms with E-state index < -0.39 is 11.5 Å². The third-order valence-electron chi connectivity index (χ3n) is 3.23. The number of nitro groups is 1. The van der Waals surface area contributed by atoms with Crippen molar-refractivity contribution in [2.75, 3.05) is 13.7 Å². The molecule has 0 saturated heterocycles. The third-order valence-corrected chi connectivity index (χ3v) is 3.79. The topological polar surface area (TPSA) is 82.7 Å². The second kappa shape index (κ2) is 8.90. The molecule has 26 heavy (non-hydrogen) atoms. The molecule has 8 nitrogen and oxygen atoms in total. The van der Waals surface area contributed by atoms with E-state index >= 15 is 0 Å². The number of nitrogens with zero attached hydrogens (tertiary/aromatic N) is 4. The molecule has 0 saturated carbocycles. The summed E-state index contributed by atoms with van der Waals surface area (Å²) >= 11 is 3.09. The maximum atomic E-state index is 12.4. The van der Waals surface area contributed by atoms with Crippen LogP contribution in [0.1, 0.15) is 12.5 Å². The molecule has 0 fully saturated rings. The number of halogens is 3. The maximum absolute atomic E-state index is 12.4. The van der Waals surface area contributed by atoms with Crippen LogP contribution >= 0.6 is 15.9 Å². The molecule has 0 amide bonds. The summed E-state index contributed by atoms with van der Waals surface area (Å²) in [6.07, 6.45) is 1.51. The highest BCUT2D eigenvalue weighted by Gasteiger charge is 2.19. The number of aromatic nitrogens is 2. The Labute approximate surface area is 156 Å². The molecule has 2 rings (SSSR count). The molecule has 2 aromatic rings. The van der Waals surface area contributed by atoms with Gasteiger partial charge in [0.05, 0.1) is 17.9 Å². The second-order valence-electron chi connectivity index (χ2n) is 5.35. The van der Waals surface area contributed by atoms with Gasteiger partial charge in [-0.05, 0) is 52.5 Å². The average Bonchev–Trinajstić information content (AvgIpc) is 2.90. The van der Waals surface area contributed by atoms with Crippen molar-refractivity contribution in [3.63, 3.8) is 0 Å². The summed E-state index contributed by atoms with van der Waals surface area (Å²) < 4.78 is 36.4. The Bertz CT molecular complexity index is 772. The van der Waals surface area contributed by atoms with Crippen LogP contribution in [0.5, 0.6) is 11.5 Å². The van der Waals surface area contributed by atoms with Crippen LogP contribution in [0.4, 0.5) is 14.6 Å². The molecule has 1 aromatic heterocycles. The zero-order valence-electron chi connectivity index (χ0n) is 14.1. The van der Waals surface area contributed by atoms with Gasteiger partial charge in [0.25, 0.3) is 0 Å². The molecule has 1 heterocycles. The molecule has 0 aliphatic carbocycles. The lowest BCUT2D eigenvalue weighted by Gasteiger charge is -2.17. The molecule has 11 heteroatoms. The lowest BCUT2D eigenvalue weighted by Crippen LogP contribution is -2.22. The van der Waals surface area contributed by atoms with Crippen LogP contribution in [0, 0.1) is 10.1 Å². The van der Waals surface area contributed by atoms with Gasteiger partial charge in [-0.2, -0.15) is 13.5 Å². The first kappa shape index (κ1) is 20.0. The van der Waals surface area contributed by atoms with Crippen molar-refractivity contribution in [2.45, 2.75) is 26.7 Å². The zero-order chi connectivity index (χ0) is 19.3. The third kappa shape index (κ3) is 5.36. The van der Waals surface area contributed by atoms with Crippen molar-refractivity contribution in [3.05, 3.63) is 44.5 Å². The number of benzene rings is 1. The standard InChI is InChI=1S/C15H17BrF2N4O4/c1-3-25-13-6-10(4-5-12(13)26-15(17)18)7-20(2)9-21-8-11(16)14(19-21)22(23)24/h4-6,8,15H,3,7,9H2,1-2H3. The van der Waals surface area contributed by atoms with E-state index in [1.807, 2.05) is 4.90 Å². The van der Waals surface area contributed by atoms with E-state index in [9.17, 15) is 18.9 Å². The minimum Gasteiger partial charge on any atom is -0.490 e. The van der Waals surface area contributed by atoms with E-state index in [0.717, 1.165) is 5.56 Å². The molecule has 0 unspecified atom stereocenters. The van der Waals surface area contributed by atoms with Crippen molar-refractivity contribution in [2.24, 2.45) is 0 Å². The summed E-state index contributed by atoms with van der Waals surface area (Å²) in [4.78, 5) is 12.1. The van der Waals surface area contributed by atoms with Gasteiger partial charge in [-0.3, -0.25) is 4.90 Å². The Morgan fingerprint density at radius 2 is 2.15 bits per heavy atom. The fourth-order valence-electron chi connectivity index (χ4n) is 2.30. The first-order valence-electron chi connectivity index (χ1n) is 7.56. The summed E-state index contributed by atoms with van der Waals surface area (Å²) in [6.45, 7) is -0.139. The number of hydrogen-bond acceptors (Lipinski definition) is 6. The lowest BCUT2D eigenvalue weighted by molar-refractivity contribution is -0.390. The number of rotatable bonds is 9. The lowest BCUT2D eigenvalue weighted by atomic mass is 10.2. The summed E-state index contributed by atoms with van der Waals surface area (Å²) in [5.41, 5.74) is 0.804. The fraction of sp³-hybridized carbons (Fsp3) is 0.400. The Balaban J connectivity index is 2.08. The Morgan fingerprint density at radius 1 is 1.42 bits per heavy atom. The average molecular weight is 435 g/mol. The van der Waals surface area contributed by atoms with E-state index in [1.54, 1.807) is 26.1 Å². The van der Waals surface area contributed by atoms with E-state index in [4.69, 9.17) is 4.74 Å². The summed E-state index contributed by atoms with van der Waals surface area (Å²) in [5.74, 6) is -0.0541. The van der Waals surface area contributed by atoms with Crippen molar-refractivity contribution in [1.82, 2.24) is 14.7 Å². The molecular formula is C15H17BrF2N4O4. The summed E-state index contributed by atoms with van der Waals surface area (Å²) in [7, 11) is 1.80. The molecule has 0 bridgehead atoms. The Kier molecular flexibility index (Phi) is 6.86. The van der Waals surface area contributed by atoms with Crippen molar-refractivity contribution < 1.29 is 23.2 Å². The van der Waals surface area contributed by atoms with Gasteiger partial charge in [-0.15, -0.1) is 0 Å². The zero-order valence-corrected chi connectivity index (χ0v) is 15.6. The minimum absolute atomic E-state index is 0.0279. The van der Waals surface area contributed by atoms with Gasteiger partial charge in [-0.1, -0.05) is 6.07 Å². The van der Waals surface area contributed by atoms with Gasteiger partial charge in [0.15, 0.2) is 11.5 Å². The molecular weight excluding hydrogens is 418 g/mol. The van der Waals surface area contributed by atoms with E-state index in [0.29, 0.717) is 24.3 Å². The smallest absolute Gasteiger partial charge is 0.404 e. The predicted octanol–water partition coefficient (Wildman–Crippen LogP) is 3.64. The molecule has 142 valence electrons. The van der Waals surface area contributed by atoms with E-state index in [-0.39, 0.29) is 17.3 Å². The van der Waals surface area contributed by atoms with Crippen molar-refractivity contribution >= 4 is 21.7 Å². The highest BCUT2D eigenvalue weighted by atomic mass is 79.9. The molecule has 0 spiro atoms. The molecule has 0 aliphatic rings.